The van der Waals surface area contributed by atoms with Crippen LogP contribution in [0.1, 0.15) is 5.56 Å². The van der Waals surface area contributed by atoms with Gasteiger partial charge in [-0.3, -0.25) is 0 Å². The summed E-state index contributed by atoms with van der Waals surface area (Å²) in [6.45, 7) is 0.430. The number of phenols is 1. The van der Waals surface area contributed by atoms with Crippen molar-refractivity contribution < 1.29 is 5.11 Å². The molecule has 0 spiro atoms. The SMILES string of the molecule is Cn1cnc2c(NCc3cc(N)ccc3O)nccc21. The second-order valence-corrected chi connectivity index (χ2v) is 4.62. The van der Waals surface area contributed by atoms with E-state index in [1.165, 1.54) is 0 Å². The molecule has 0 aliphatic rings. The van der Waals surface area contributed by atoms with E-state index in [-0.39, 0.29) is 5.75 Å². The average Bonchev–Trinajstić information content (AvgIpc) is 2.82. The fraction of sp³-hybridized carbons (Fsp3) is 0.143. The Labute approximate surface area is 115 Å². The number of pyridine rings is 1. The number of fused-ring (bicyclic) bond motifs is 1. The molecule has 20 heavy (non-hydrogen) atoms. The molecular weight excluding hydrogens is 254 g/mol. The molecule has 2 heterocycles. The first-order valence-electron chi connectivity index (χ1n) is 6.22. The molecule has 2 aromatic heterocycles. The normalized spacial score (nSPS) is 10.8. The van der Waals surface area contributed by atoms with Crippen molar-refractivity contribution in [1.29, 1.82) is 0 Å². The van der Waals surface area contributed by atoms with Crippen molar-refractivity contribution in [1.82, 2.24) is 14.5 Å². The highest BCUT2D eigenvalue weighted by Crippen LogP contribution is 2.23. The Morgan fingerprint density at radius 3 is 3.00 bits per heavy atom. The van der Waals surface area contributed by atoms with E-state index in [1.54, 1.807) is 30.7 Å². The highest BCUT2D eigenvalue weighted by Gasteiger charge is 2.08. The number of imidazole rings is 1. The molecular formula is C14H15N5O. The smallest absolute Gasteiger partial charge is 0.154 e. The van der Waals surface area contributed by atoms with Crippen LogP contribution in [0.3, 0.4) is 0 Å². The topological polar surface area (TPSA) is 89.0 Å². The number of nitrogens with one attached hydrogen (secondary N) is 1. The third-order valence-electron chi connectivity index (χ3n) is 3.19. The standard InChI is InChI=1S/C14H15N5O/c1-19-8-18-13-11(19)4-5-16-14(13)17-7-9-6-10(15)2-3-12(9)20/h2-6,8,20H,7,15H2,1H3,(H,16,17). The molecule has 6 nitrogen and oxygen atoms in total. The predicted octanol–water partition coefficient (Wildman–Crippen LogP) is 1.87. The molecule has 0 fully saturated rings. The molecule has 0 amide bonds. The molecule has 102 valence electrons. The Hall–Kier alpha value is -2.76. The fourth-order valence-electron chi connectivity index (χ4n) is 2.12. The van der Waals surface area contributed by atoms with Gasteiger partial charge in [0.15, 0.2) is 5.82 Å². The number of phenolic OH excluding ortho intramolecular Hbond substituents is 1. The fourth-order valence-corrected chi connectivity index (χ4v) is 2.12. The maximum absolute atomic E-state index is 9.79. The summed E-state index contributed by atoms with van der Waals surface area (Å²) in [6.07, 6.45) is 3.47. The third kappa shape index (κ3) is 2.11. The van der Waals surface area contributed by atoms with Gasteiger partial charge in [0.25, 0.3) is 0 Å². The number of hydrogen-bond acceptors (Lipinski definition) is 5. The summed E-state index contributed by atoms with van der Waals surface area (Å²) in [5, 5.41) is 13.0. The molecule has 0 bridgehead atoms. The quantitative estimate of drug-likeness (QED) is 0.499. The van der Waals surface area contributed by atoms with E-state index >= 15 is 0 Å². The van der Waals surface area contributed by atoms with Crippen LogP contribution in [-0.4, -0.2) is 19.6 Å². The van der Waals surface area contributed by atoms with E-state index in [1.807, 2.05) is 17.7 Å². The maximum Gasteiger partial charge on any atom is 0.154 e. The molecule has 6 heteroatoms. The molecule has 0 aliphatic carbocycles. The lowest BCUT2D eigenvalue weighted by Crippen LogP contribution is -2.03. The number of anilines is 2. The van der Waals surface area contributed by atoms with Gasteiger partial charge in [-0.2, -0.15) is 0 Å². The molecule has 3 rings (SSSR count). The summed E-state index contributed by atoms with van der Waals surface area (Å²) < 4.78 is 1.93. The molecule has 0 unspecified atom stereocenters. The third-order valence-corrected chi connectivity index (χ3v) is 3.19. The number of hydrogen-bond donors (Lipinski definition) is 3. The summed E-state index contributed by atoms with van der Waals surface area (Å²) in [5.41, 5.74) is 8.86. The lowest BCUT2D eigenvalue weighted by molar-refractivity contribution is 0.469. The van der Waals surface area contributed by atoms with Crippen LogP contribution in [0.5, 0.6) is 5.75 Å². The Morgan fingerprint density at radius 1 is 1.30 bits per heavy atom. The van der Waals surface area contributed by atoms with Crippen molar-refractivity contribution in [3.8, 4) is 5.75 Å². The average molecular weight is 269 g/mol. The van der Waals surface area contributed by atoms with Crippen LogP contribution in [0.25, 0.3) is 11.0 Å². The van der Waals surface area contributed by atoms with Gasteiger partial charge in [0.05, 0.1) is 11.8 Å². The number of aryl methyl sites for hydroxylation is 1. The van der Waals surface area contributed by atoms with Gasteiger partial charge in [-0.25, -0.2) is 9.97 Å². The van der Waals surface area contributed by atoms with Gasteiger partial charge in [0.1, 0.15) is 11.3 Å². The van der Waals surface area contributed by atoms with Gasteiger partial charge in [-0.15, -0.1) is 0 Å². The summed E-state index contributed by atoms with van der Waals surface area (Å²) in [5.74, 6) is 0.893. The first kappa shape index (κ1) is 12.3. The highest BCUT2D eigenvalue weighted by molar-refractivity contribution is 5.85. The number of aromatic hydroxyl groups is 1. The number of rotatable bonds is 3. The summed E-state index contributed by atoms with van der Waals surface area (Å²) in [4.78, 5) is 8.61. The van der Waals surface area contributed by atoms with Crippen LogP contribution in [-0.2, 0) is 13.6 Å². The van der Waals surface area contributed by atoms with Crippen molar-refractivity contribution in [3.05, 3.63) is 42.4 Å². The molecule has 0 saturated heterocycles. The van der Waals surface area contributed by atoms with Crippen LogP contribution >= 0.6 is 0 Å². The monoisotopic (exact) mass is 269 g/mol. The highest BCUT2D eigenvalue weighted by atomic mass is 16.3. The van der Waals surface area contributed by atoms with Crippen LogP contribution in [0.4, 0.5) is 11.5 Å². The van der Waals surface area contributed by atoms with E-state index in [9.17, 15) is 5.11 Å². The minimum absolute atomic E-state index is 0.208. The van der Waals surface area contributed by atoms with Gasteiger partial charge in [-0.1, -0.05) is 0 Å². The zero-order valence-corrected chi connectivity index (χ0v) is 11.0. The molecule has 0 aliphatic heterocycles. The van der Waals surface area contributed by atoms with E-state index < -0.39 is 0 Å². The summed E-state index contributed by atoms with van der Waals surface area (Å²) in [7, 11) is 1.93. The van der Waals surface area contributed by atoms with Gasteiger partial charge in [0.2, 0.25) is 0 Å². The molecule has 1 aromatic carbocycles. The summed E-state index contributed by atoms with van der Waals surface area (Å²) >= 11 is 0. The lowest BCUT2D eigenvalue weighted by Gasteiger charge is -2.08. The van der Waals surface area contributed by atoms with E-state index in [2.05, 4.69) is 15.3 Å². The minimum atomic E-state index is 0.208. The van der Waals surface area contributed by atoms with E-state index in [0.717, 1.165) is 16.6 Å². The largest absolute Gasteiger partial charge is 0.508 e. The molecule has 0 atom stereocenters. The molecule has 4 N–H and O–H groups in total. The van der Waals surface area contributed by atoms with Crippen molar-refractivity contribution >= 4 is 22.5 Å². The molecule has 0 saturated carbocycles. The second kappa shape index (κ2) is 4.73. The van der Waals surface area contributed by atoms with Gasteiger partial charge < -0.3 is 20.7 Å². The molecule has 3 aromatic rings. The first-order valence-corrected chi connectivity index (χ1v) is 6.22. The Bertz CT molecular complexity index is 765. The number of benzene rings is 1. The van der Waals surface area contributed by atoms with Crippen molar-refractivity contribution in [2.24, 2.45) is 7.05 Å². The van der Waals surface area contributed by atoms with Crippen LogP contribution in [0.15, 0.2) is 36.8 Å². The number of nitrogens with two attached hydrogens (primary N) is 1. The number of aromatic nitrogens is 3. The number of nitrogen functional groups attached to an aromatic ring is 1. The van der Waals surface area contributed by atoms with Gasteiger partial charge >= 0.3 is 0 Å². The number of nitrogens with zero attached hydrogens (tertiary/aromatic N) is 3. The van der Waals surface area contributed by atoms with Gasteiger partial charge in [-0.05, 0) is 24.3 Å². The van der Waals surface area contributed by atoms with E-state index in [0.29, 0.717) is 18.1 Å². The maximum atomic E-state index is 9.79. The minimum Gasteiger partial charge on any atom is -0.508 e. The van der Waals surface area contributed by atoms with Crippen molar-refractivity contribution in [3.63, 3.8) is 0 Å². The zero-order chi connectivity index (χ0) is 14.1. The van der Waals surface area contributed by atoms with Crippen LogP contribution < -0.4 is 11.1 Å². The Balaban J connectivity index is 1.88. The molecule has 0 radical (unpaired) electrons. The lowest BCUT2D eigenvalue weighted by atomic mass is 10.2. The van der Waals surface area contributed by atoms with Gasteiger partial charge in [0, 0.05) is 31.0 Å². The van der Waals surface area contributed by atoms with Crippen molar-refractivity contribution in [2.45, 2.75) is 6.54 Å². The van der Waals surface area contributed by atoms with E-state index in [4.69, 9.17) is 5.73 Å². The van der Waals surface area contributed by atoms with Crippen LogP contribution in [0.2, 0.25) is 0 Å². The van der Waals surface area contributed by atoms with Crippen molar-refractivity contribution in [2.75, 3.05) is 11.1 Å². The Morgan fingerprint density at radius 2 is 2.15 bits per heavy atom. The first-order chi connectivity index (χ1) is 9.65. The summed E-state index contributed by atoms with van der Waals surface area (Å²) in [6, 6.07) is 6.89. The Kier molecular flexibility index (Phi) is 2.90. The van der Waals surface area contributed by atoms with Crippen LogP contribution in [0, 0.1) is 0 Å². The zero-order valence-electron chi connectivity index (χ0n) is 11.0. The predicted molar refractivity (Wildman–Crippen MR) is 78.4 cm³/mol. The second-order valence-electron chi connectivity index (χ2n) is 4.62.